The average molecular weight is 264 g/mol. The van der Waals surface area contributed by atoms with Crippen LogP contribution >= 0.6 is 11.8 Å². The van der Waals surface area contributed by atoms with Gasteiger partial charge in [0.15, 0.2) is 0 Å². The summed E-state index contributed by atoms with van der Waals surface area (Å²) in [6.07, 6.45) is 3.74. The van der Waals surface area contributed by atoms with Crippen LogP contribution in [0.4, 0.5) is 0 Å². The fourth-order valence-corrected chi connectivity index (χ4v) is 3.24. The molecule has 1 aliphatic rings. The average Bonchev–Trinajstić information content (AvgIpc) is 2.43. The van der Waals surface area contributed by atoms with E-state index in [0.717, 1.165) is 26.1 Å². The summed E-state index contributed by atoms with van der Waals surface area (Å²) in [5.74, 6) is 1.90. The number of hydrogen-bond acceptors (Lipinski definition) is 3. The van der Waals surface area contributed by atoms with E-state index in [1.54, 1.807) is 5.56 Å². The van der Waals surface area contributed by atoms with Gasteiger partial charge in [0.25, 0.3) is 0 Å². The van der Waals surface area contributed by atoms with Gasteiger partial charge in [-0.25, -0.2) is 0 Å². The Balaban J connectivity index is 1.79. The Labute approximate surface area is 115 Å². The van der Waals surface area contributed by atoms with Gasteiger partial charge in [0.1, 0.15) is 0 Å². The molecule has 1 atom stereocenters. The highest BCUT2D eigenvalue weighted by atomic mass is 32.2. The second-order valence-electron chi connectivity index (χ2n) is 5.20. The summed E-state index contributed by atoms with van der Waals surface area (Å²) in [6.45, 7) is 5.04. The smallest absolute Gasteiger partial charge is 0.0205 e. The van der Waals surface area contributed by atoms with Crippen LogP contribution in [0.5, 0.6) is 0 Å². The first-order valence-electron chi connectivity index (χ1n) is 6.95. The molecular formula is C15H24N2S. The highest BCUT2D eigenvalue weighted by Gasteiger charge is 2.09. The Morgan fingerprint density at radius 3 is 3.17 bits per heavy atom. The van der Waals surface area contributed by atoms with Gasteiger partial charge in [-0.05, 0) is 61.2 Å². The van der Waals surface area contributed by atoms with Gasteiger partial charge < -0.3 is 11.1 Å². The second-order valence-corrected chi connectivity index (χ2v) is 6.34. The van der Waals surface area contributed by atoms with Crippen LogP contribution in [0.1, 0.15) is 30.9 Å². The molecule has 18 heavy (non-hydrogen) atoms. The molecule has 0 amide bonds. The molecule has 3 heteroatoms. The minimum atomic E-state index is 0.623. The summed E-state index contributed by atoms with van der Waals surface area (Å²) in [5.41, 5.74) is 8.57. The van der Waals surface area contributed by atoms with E-state index in [1.165, 1.54) is 29.1 Å². The first-order chi connectivity index (χ1) is 8.79. The summed E-state index contributed by atoms with van der Waals surface area (Å²) in [5, 5.41) is 3.51. The third-order valence-corrected chi connectivity index (χ3v) is 4.72. The minimum Gasteiger partial charge on any atom is -0.330 e. The molecule has 0 saturated carbocycles. The van der Waals surface area contributed by atoms with Gasteiger partial charge in [0.2, 0.25) is 0 Å². The van der Waals surface area contributed by atoms with Gasteiger partial charge in [-0.1, -0.05) is 19.1 Å². The fourth-order valence-electron chi connectivity index (χ4n) is 2.22. The van der Waals surface area contributed by atoms with E-state index >= 15 is 0 Å². The summed E-state index contributed by atoms with van der Waals surface area (Å²) < 4.78 is 0. The van der Waals surface area contributed by atoms with E-state index in [-0.39, 0.29) is 0 Å². The maximum Gasteiger partial charge on any atom is 0.0205 e. The SMILES string of the molecule is CC(CN)CCNCc1ccc2c(c1)CCCS2. The van der Waals surface area contributed by atoms with Gasteiger partial charge in [0.05, 0.1) is 0 Å². The zero-order chi connectivity index (χ0) is 12.8. The molecule has 0 aliphatic carbocycles. The number of hydrogen-bond donors (Lipinski definition) is 2. The van der Waals surface area contributed by atoms with Gasteiger partial charge in [-0.2, -0.15) is 0 Å². The topological polar surface area (TPSA) is 38.0 Å². The summed E-state index contributed by atoms with van der Waals surface area (Å²) in [7, 11) is 0. The van der Waals surface area contributed by atoms with Crippen molar-refractivity contribution < 1.29 is 0 Å². The molecule has 3 N–H and O–H groups in total. The molecule has 1 heterocycles. The van der Waals surface area contributed by atoms with Crippen LogP contribution < -0.4 is 11.1 Å². The molecule has 1 aromatic carbocycles. The molecule has 2 nitrogen and oxygen atoms in total. The van der Waals surface area contributed by atoms with Crippen molar-refractivity contribution in [1.82, 2.24) is 5.32 Å². The summed E-state index contributed by atoms with van der Waals surface area (Å²) in [4.78, 5) is 1.49. The number of nitrogens with one attached hydrogen (secondary N) is 1. The summed E-state index contributed by atoms with van der Waals surface area (Å²) >= 11 is 2.00. The second kappa shape index (κ2) is 7.17. The standard InChI is InChI=1S/C15H24N2S/c1-12(10-16)6-7-17-11-13-4-5-15-14(9-13)3-2-8-18-15/h4-5,9,12,17H,2-3,6-8,10-11,16H2,1H3. The molecule has 0 spiro atoms. The maximum atomic E-state index is 5.61. The number of nitrogens with two attached hydrogens (primary N) is 1. The van der Waals surface area contributed by atoms with Crippen molar-refractivity contribution in [2.75, 3.05) is 18.8 Å². The number of fused-ring (bicyclic) bond motifs is 1. The molecule has 1 unspecified atom stereocenters. The van der Waals surface area contributed by atoms with E-state index in [2.05, 4.69) is 30.4 Å². The van der Waals surface area contributed by atoms with E-state index in [9.17, 15) is 0 Å². The van der Waals surface area contributed by atoms with Crippen LogP contribution in [0.3, 0.4) is 0 Å². The zero-order valence-corrected chi connectivity index (χ0v) is 12.1. The predicted octanol–water partition coefficient (Wildman–Crippen LogP) is 2.80. The highest BCUT2D eigenvalue weighted by Crippen LogP contribution is 2.30. The maximum absolute atomic E-state index is 5.61. The lowest BCUT2D eigenvalue weighted by atomic mass is 10.1. The normalized spacial score (nSPS) is 16.3. The molecule has 2 rings (SSSR count). The van der Waals surface area contributed by atoms with Gasteiger partial charge in [-0.3, -0.25) is 0 Å². The van der Waals surface area contributed by atoms with Crippen LogP contribution in [0.2, 0.25) is 0 Å². The Kier molecular flexibility index (Phi) is 5.54. The lowest BCUT2D eigenvalue weighted by Gasteiger charge is -2.16. The molecule has 0 bridgehead atoms. The largest absolute Gasteiger partial charge is 0.330 e. The van der Waals surface area contributed by atoms with Crippen molar-refractivity contribution in [2.45, 2.75) is 37.6 Å². The van der Waals surface area contributed by atoms with Crippen LogP contribution in [0, 0.1) is 5.92 Å². The molecule has 1 aliphatic heterocycles. The van der Waals surface area contributed by atoms with E-state index in [4.69, 9.17) is 5.73 Å². The predicted molar refractivity (Wildman–Crippen MR) is 80.0 cm³/mol. The van der Waals surface area contributed by atoms with Crippen molar-refractivity contribution >= 4 is 11.8 Å². The van der Waals surface area contributed by atoms with E-state index in [0.29, 0.717) is 5.92 Å². The monoisotopic (exact) mass is 264 g/mol. The third-order valence-electron chi connectivity index (χ3n) is 3.52. The van der Waals surface area contributed by atoms with Crippen molar-refractivity contribution in [2.24, 2.45) is 11.7 Å². The molecule has 0 saturated heterocycles. The molecule has 1 aromatic rings. The van der Waals surface area contributed by atoms with Crippen molar-refractivity contribution in [3.8, 4) is 0 Å². The van der Waals surface area contributed by atoms with Crippen LogP contribution in [0.25, 0.3) is 0 Å². The number of rotatable bonds is 6. The molecular weight excluding hydrogens is 240 g/mol. The lowest BCUT2D eigenvalue weighted by molar-refractivity contribution is 0.509. The fraction of sp³-hybridized carbons (Fsp3) is 0.600. The third kappa shape index (κ3) is 4.01. The van der Waals surface area contributed by atoms with Gasteiger partial charge in [-0.15, -0.1) is 11.8 Å². The van der Waals surface area contributed by atoms with E-state index < -0.39 is 0 Å². The van der Waals surface area contributed by atoms with E-state index in [1.807, 2.05) is 11.8 Å². The van der Waals surface area contributed by atoms with Crippen LogP contribution in [0.15, 0.2) is 23.1 Å². The highest BCUT2D eigenvalue weighted by molar-refractivity contribution is 7.99. The summed E-state index contributed by atoms with van der Waals surface area (Å²) in [6, 6.07) is 6.93. The van der Waals surface area contributed by atoms with Crippen LogP contribution in [-0.4, -0.2) is 18.8 Å². The van der Waals surface area contributed by atoms with Crippen molar-refractivity contribution in [3.63, 3.8) is 0 Å². The minimum absolute atomic E-state index is 0.623. The Morgan fingerprint density at radius 2 is 2.33 bits per heavy atom. The van der Waals surface area contributed by atoms with Gasteiger partial charge >= 0.3 is 0 Å². The number of benzene rings is 1. The molecule has 0 aromatic heterocycles. The number of aryl methyl sites for hydroxylation is 1. The molecule has 100 valence electrons. The first-order valence-corrected chi connectivity index (χ1v) is 7.93. The van der Waals surface area contributed by atoms with Gasteiger partial charge in [0, 0.05) is 11.4 Å². The van der Waals surface area contributed by atoms with Crippen molar-refractivity contribution in [3.05, 3.63) is 29.3 Å². The molecule has 0 fully saturated rings. The first kappa shape index (κ1) is 13.9. The molecule has 0 radical (unpaired) electrons. The Morgan fingerprint density at radius 1 is 1.44 bits per heavy atom. The number of thioether (sulfide) groups is 1. The Bertz CT molecular complexity index is 379. The quantitative estimate of drug-likeness (QED) is 0.776. The zero-order valence-electron chi connectivity index (χ0n) is 11.2. The van der Waals surface area contributed by atoms with Crippen LogP contribution in [-0.2, 0) is 13.0 Å². The lowest BCUT2D eigenvalue weighted by Crippen LogP contribution is -2.20. The van der Waals surface area contributed by atoms with Crippen molar-refractivity contribution in [1.29, 1.82) is 0 Å². The Hall–Kier alpha value is -0.510.